The predicted molar refractivity (Wildman–Crippen MR) is 215 cm³/mol. The highest BCUT2D eigenvalue weighted by Crippen LogP contribution is 2.41. The van der Waals surface area contributed by atoms with E-state index in [1.54, 1.807) is 46.5 Å². The second-order valence-corrected chi connectivity index (χ2v) is 16.2. The number of aliphatic imine (C=N–C) groups is 2. The minimum absolute atomic E-state index is 0.102. The molecule has 7 rings (SSSR count). The van der Waals surface area contributed by atoms with Gasteiger partial charge in [0.05, 0.1) is 48.8 Å². The number of nitrogens with one attached hydrogen (secondary N) is 1. The highest BCUT2D eigenvalue weighted by Gasteiger charge is 2.35. The maximum atomic E-state index is 13.5. The number of rotatable bonds is 12. The number of carbonyl (C=O) groups excluding carboxylic acids is 3. The smallest absolute Gasteiger partial charge is 0.257 e. The van der Waals surface area contributed by atoms with Crippen LogP contribution in [0, 0.1) is 0 Å². The number of thiol groups is 1. The van der Waals surface area contributed by atoms with Crippen molar-refractivity contribution < 1.29 is 33.3 Å². The first-order chi connectivity index (χ1) is 26.3. The SMILES string of the molecule is C=C1C[C@H]2C=Nc3cc(OCc4cc(COc5cc6c(cc5OC)C(=O)N5CC(=C)C[C@H]5C=N6)cc(NC(=O)CCC(C)(C)S)c4)c(OC)cc3C(=O)N2C1. The normalized spacial score (nSPS) is 18.6. The standard InChI is InChI=1S/C42H45N5O7S/c1-24-9-29-18-43-33-16-37(35(51-5)14-31(33)40(49)46(29)20-24)53-22-26-11-27(13-28(12-26)45-39(48)7-8-42(3,4)55)23-54-38-17-34-32(15-36(38)52-6)41(50)47-21-25(2)10-30(47)19-44-34/h11-19,29-30,55H,1-2,7-10,20-23H2,3-6H3,(H,45,48)/t29-,30-/m0/s1. The molecule has 1 N–H and O–H groups in total. The van der Waals surface area contributed by atoms with E-state index in [2.05, 4.69) is 41.1 Å². The van der Waals surface area contributed by atoms with Crippen LogP contribution in [0.1, 0.15) is 71.4 Å². The van der Waals surface area contributed by atoms with Gasteiger partial charge in [0, 0.05) is 54.5 Å². The van der Waals surface area contributed by atoms with Crippen molar-refractivity contribution in [2.24, 2.45) is 9.98 Å². The summed E-state index contributed by atoms with van der Waals surface area (Å²) in [6.07, 6.45) is 5.81. The Labute approximate surface area is 326 Å². The molecular weight excluding hydrogens is 719 g/mol. The second-order valence-electron chi connectivity index (χ2n) is 15.0. The predicted octanol–water partition coefficient (Wildman–Crippen LogP) is 7.26. The fourth-order valence-electron chi connectivity index (χ4n) is 7.18. The van der Waals surface area contributed by atoms with Crippen LogP contribution in [-0.4, -0.2) is 84.1 Å². The summed E-state index contributed by atoms with van der Waals surface area (Å²) in [7, 11) is 3.05. The monoisotopic (exact) mass is 763 g/mol. The number of carbonyl (C=O) groups is 3. The maximum absolute atomic E-state index is 13.5. The Kier molecular flexibility index (Phi) is 10.5. The van der Waals surface area contributed by atoms with Crippen LogP contribution in [0.15, 0.2) is 76.8 Å². The summed E-state index contributed by atoms with van der Waals surface area (Å²) < 4.78 is 23.7. The molecule has 0 aromatic heterocycles. The summed E-state index contributed by atoms with van der Waals surface area (Å²) in [6.45, 7) is 13.2. The Morgan fingerprint density at radius 2 is 1.25 bits per heavy atom. The lowest BCUT2D eigenvalue weighted by Gasteiger charge is -2.20. The number of methoxy groups -OCH3 is 2. The molecule has 0 spiro atoms. The zero-order chi connectivity index (χ0) is 39.0. The molecule has 4 aliphatic rings. The first kappa shape index (κ1) is 37.7. The van der Waals surface area contributed by atoms with Crippen molar-refractivity contribution in [2.45, 2.75) is 69.6 Å². The molecule has 12 nitrogen and oxygen atoms in total. The molecule has 3 amide bonds. The number of anilines is 1. The maximum Gasteiger partial charge on any atom is 0.257 e. The highest BCUT2D eigenvalue weighted by molar-refractivity contribution is 7.81. The van der Waals surface area contributed by atoms with E-state index in [9.17, 15) is 14.4 Å². The van der Waals surface area contributed by atoms with E-state index in [0.29, 0.717) is 90.0 Å². The first-order valence-corrected chi connectivity index (χ1v) is 18.6. The van der Waals surface area contributed by atoms with Gasteiger partial charge in [-0.3, -0.25) is 24.4 Å². The van der Waals surface area contributed by atoms with Crippen molar-refractivity contribution >= 4 is 59.8 Å². The highest BCUT2D eigenvalue weighted by atomic mass is 32.1. The fraction of sp³-hybridized carbons (Fsp3) is 0.357. The van der Waals surface area contributed by atoms with E-state index in [1.165, 1.54) is 14.2 Å². The zero-order valence-electron chi connectivity index (χ0n) is 31.5. The van der Waals surface area contributed by atoms with Gasteiger partial charge in [0.25, 0.3) is 11.8 Å². The fourth-order valence-corrected chi connectivity index (χ4v) is 7.29. The van der Waals surface area contributed by atoms with E-state index < -0.39 is 0 Å². The molecule has 2 atom stereocenters. The summed E-state index contributed by atoms with van der Waals surface area (Å²) in [5.41, 5.74) is 5.89. The number of fused-ring (bicyclic) bond motifs is 4. The average molecular weight is 764 g/mol. The molecule has 55 heavy (non-hydrogen) atoms. The van der Waals surface area contributed by atoms with Gasteiger partial charge in [-0.1, -0.05) is 38.2 Å². The summed E-state index contributed by atoms with van der Waals surface area (Å²) in [5.74, 6) is 1.19. The number of nitrogens with zero attached hydrogens (tertiary/aromatic N) is 4. The summed E-state index contributed by atoms with van der Waals surface area (Å²) in [6, 6.07) is 12.1. The van der Waals surface area contributed by atoms with Crippen molar-refractivity contribution in [3.63, 3.8) is 0 Å². The van der Waals surface area contributed by atoms with Gasteiger partial charge in [-0.15, -0.1) is 0 Å². The van der Waals surface area contributed by atoms with Crippen LogP contribution in [0.2, 0.25) is 0 Å². The average Bonchev–Trinajstić information content (AvgIpc) is 3.66. The van der Waals surface area contributed by atoms with Crippen molar-refractivity contribution in [1.29, 1.82) is 0 Å². The van der Waals surface area contributed by atoms with Gasteiger partial charge in [0.2, 0.25) is 5.91 Å². The minimum atomic E-state index is -0.301. The minimum Gasteiger partial charge on any atom is -0.493 e. The topological polar surface area (TPSA) is 131 Å². The quantitative estimate of drug-likeness (QED) is 0.147. The molecule has 3 aromatic rings. The summed E-state index contributed by atoms with van der Waals surface area (Å²) in [5, 5.41) is 3.02. The van der Waals surface area contributed by atoms with Gasteiger partial charge in [0.1, 0.15) is 13.2 Å². The third kappa shape index (κ3) is 8.26. The van der Waals surface area contributed by atoms with Crippen LogP contribution in [0.25, 0.3) is 0 Å². The van der Waals surface area contributed by atoms with Gasteiger partial charge in [-0.25, -0.2) is 0 Å². The summed E-state index contributed by atoms with van der Waals surface area (Å²) in [4.78, 5) is 52.8. The van der Waals surface area contributed by atoms with Crippen LogP contribution in [0.3, 0.4) is 0 Å². The molecule has 0 bridgehead atoms. The number of ether oxygens (including phenoxy) is 4. The Morgan fingerprint density at radius 1 is 0.782 bits per heavy atom. The molecule has 13 heteroatoms. The molecule has 4 aliphatic heterocycles. The largest absolute Gasteiger partial charge is 0.493 e. The van der Waals surface area contributed by atoms with Crippen LogP contribution >= 0.6 is 12.6 Å². The number of amides is 3. The molecule has 0 aliphatic carbocycles. The second kappa shape index (κ2) is 15.3. The Hall–Kier alpha value is -5.56. The van der Waals surface area contributed by atoms with Crippen molar-refractivity contribution in [2.75, 3.05) is 32.6 Å². The van der Waals surface area contributed by atoms with Gasteiger partial charge in [-0.2, -0.15) is 12.6 Å². The molecule has 286 valence electrons. The lowest BCUT2D eigenvalue weighted by Crippen LogP contribution is -2.35. The van der Waals surface area contributed by atoms with E-state index in [-0.39, 0.29) is 47.8 Å². The van der Waals surface area contributed by atoms with Crippen LogP contribution in [0.5, 0.6) is 23.0 Å². The summed E-state index contributed by atoms with van der Waals surface area (Å²) >= 11 is 4.57. The third-order valence-corrected chi connectivity index (χ3v) is 10.2. The van der Waals surface area contributed by atoms with Crippen molar-refractivity contribution in [3.05, 3.63) is 89.0 Å². The first-order valence-electron chi connectivity index (χ1n) is 18.2. The third-order valence-electron chi connectivity index (χ3n) is 9.99. The van der Waals surface area contributed by atoms with E-state index >= 15 is 0 Å². The van der Waals surface area contributed by atoms with Crippen molar-refractivity contribution in [3.8, 4) is 23.0 Å². The lowest BCUT2D eigenvalue weighted by atomic mass is 10.1. The van der Waals surface area contributed by atoms with Crippen LogP contribution < -0.4 is 24.3 Å². The van der Waals surface area contributed by atoms with Crippen LogP contribution in [0.4, 0.5) is 17.1 Å². The van der Waals surface area contributed by atoms with Gasteiger partial charge in [-0.05, 0) is 60.7 Å². The number of hydrogen-bond acceptors (Lipinski definition) is 10. The number of hydrogen-bond donors (Lipinski definition) is 2. The molecule has 0 unspecified atom stereocenters. The molecule has 2 fully saturated rings. The Morgan fingerprint density at radius 3 is 1.69 bits per heavy atom. The molecule has 3 aromatic carbocycles. The Balaban J connectivity index is 1.14. The Bertz CT molecular complexity index is 2020. The molecule has 0 saturated carbocycles. The lowest BCUT2D eigenvalue weighted by molar-refractivity contribution is -0.116. The van der Waals surface area contributed by atoms with E-state index in [0.717, 1.165) is 22.3 Å². The molecule has 2 saturated heterocycles. The van der Waals surface area contributed by atoms with Crippen molar-refractivity contribution in [1.82, 2.24) is 9.80 Å². The zero-order valence-corrected chi connectivity index (χ0v) is 32.4. The number of benzene rings is 3. The van der Waals surface area contributed by atoms with Gasteiger partial charge in [0.15, 0.2) is 23.0 Å². The molecular formula is C42H45N5O7S. The molecule has 4 heterocycles. The van der Waals surface area contributed by atoms with Crippen LogP contribution in [-0.2, 0) is 18.0 Å². The van der Waals surface area contributed by atoms with E-state index in [4.69, 9.17) is 18.9 Å². The van der Waals surface area contributed by atoms with Gasteiger partial charge < -0.3 is 34.1 Å². The van der Waals surface area contributed by atoms with Gasteiger partial charge >= 0.3 is 0 Å². The van der Waals surface area contributed by atoms with E-state index in [1.807, 2.05) is 32.0 Å². The molecule has 0 radical (unpaired) electrons.